The molecule has 0 unspecified atom stereocenters. The van der Waals surface area contributed by atoms with Crippen LogP contribution in [0.1, 0.15) is 19.7 Å². The van der Waals surface area contributed by atoms with Crippen molar-refractivity contribution in [3.05, 3.63) is 54.4 Å². The largest absolute Gasteiger partial charge is 0.493 e. The minimum absolute atomic E-state index is 0.0474. The van der Waals surface area contributed by atoms with Crippen molar-refractivity contribution in [1.82, 2.24) is 14.5 Å². The van der Waals surface area contributed by atoms with Crippen LogP contribution in [-0.4, -0.2) is 43.2 Å². The third kappa shape index (κ3) is 4.41. The molecule has 0 saturated carbocycles. The minimum atomic E-state index is -3.84. The summed E-state index contributed by atoms with van der Waals surface area (Å²) in [5, 5.41) is 8.04. The smallest absolute Gasteiger partial charge is 0.247 e. The van der Waals surface area contributed by atoms with Gasteiger partial charge < -0.3 is 13.9 Å². The molecule has 2 aromatic carbocycles. The van der Waals surface area contributed by atoms with Gasteiger partial charge in [-0.3, -0.25) is 0 Å². The molecule has 0 aliphatic rings. The number of aromatic nitrogens is 2. The topological polar surface area (TPSA) is 94.8 Å². The van der Waals surface area contributed by atoms with Gasteiger partial charge in [-0.2, -0.15) is 4.31 Å². The van der Waals surface area contributed by atoms with Gasteiger partial charge >= 0.3 is 0 Å². The highest BCUT2D eigenvalue weighted by atomic mass is 32.2. The number of rotatable bonds is 8. The predicted molar refractivity (Wildman–Crippen MR) is 107 cm³/mol. The summed E-state index contributed by atoms with van der Waals surface area (Å²) in [6, 6.07) is 13.4. The van der Waals surface area contributed by atoms with Crippen molar-refractivity contribution in [2.45, 2.75) is 31.3 Å². The van der Waals surface area contributed by atoms with Gasteiger partial charge in [-0.05, 0) is 38.1 Å². The second kappa shape index (κ2) is 8.62. The normalized spacial score (nSPS) is 11.8. The van der Waals surface area contributed by atoms with E-state index in [1.807, 2.05) is 30.3 Å². The van der Waals surface area contributed by atoms with Crippen molar-refractivity contribution in [2.24, 2.45) is 0 Å². The van der Waals surface area contributed by atoms with E-state index < -0.39 is 10.0 Å². The molecule has 154 valence electrons. The standard InChI is InChI=1S/C20H23N3O5S/c1-14(2)23(13-19-21-22-20(28-19)15-8-6-5-7-9-15)29(24,25)16-10-11-17(26-3)18(12-16)27-4/h5-12,14H,13H2,1-4H3. The van der Waals surface area contributed by atoms with Crippen LogP contribution in [0, 0.1) is 0 Å². The summed E-state index contributed by atoms with van der Waals surface area (Å²) in [6.07, 6.45) is 0. The molecule has 3 aromatic rings. The lowest BCUT2D eigenvalue weighted by Crippen LogP contribution is -2.36. The number of hydrogen-bond donors (Lipinski definition) is 0. The van der Waals surface area contributed by atoms with Gasteiger partial charge in [0.1, 0.15) is 0 Å². The maximum atomic E-state index is 13.3. The van der Waals surface area contributed by atoms with Gasteiger partial charge in [0.15, 0.2) is 11.5 Å². The van der Waals surface area contributed by atoms with Crippen molar-refractivity contribution in [3.63, 3.8) is 0 Å². The summed E-state index contributed by atoms with van der Waals surface area (Å²) < 4.78 is 43.9. The Morgan fingerprint density at radius 2 is 1.69 bits per heavy atom. The van der Waals surface area contributed by atoms with Crippen LogP contribution in [0.25, 0.3) is 11.5 Å². The Hall–Kier alpha value is -2.91. The van der Waals surface area contributed by atoms with Crippen LogP contribution in [0.15, 0.2) is 57.8 Å². The number of hydrogen-bond acceptors (Lipinski definition) is 7. The second-order valence-corrected chi connectivity index (χ2v) is 8.42. The van der Waals surface area contributed by atoms with E-state index in [9.17, 15) is 8.42 Å². The molecule has 0 radical (unpaired) electrons. The minimum Gasteiger partial charge on any atom is -0.493 e. The zero-order valence-electron chi connectivity index (χ0n) is 16.7. The van der Waals surface area contributed by atoms with E-state index in [2.05, 4.69) is 10.2 Å². The van der Waals surface area contributed by atoms with E-state index in [1.54, 1.807) is 19.9 Å². The lowest BCUT2D eigenvalue weighted by atomic mass is 10.2. The fourth-order valence-electron chi connectivity index (χ4n) is 2.81. The molecule has 0 bridgehead atoms. The first-order valence-corrected chi connectivity index (χ1v) is 10.4. The average Bonchev–Trinajstić information content (AvgIpc) is 3.20. The average molecular weight is 417 g/mol. The van der Waals surface area contributed by atoms with Gasteiger partial charge in [0.05, 0.1) is 25.7 Å². The molecule has 1 aromatic heterocycles. The zero-order chi connectivity index (χ0) is 21.0. The molecule has 0 spiro atoms. The zero-order valence-corrected chi connectivity index (χ0v) is 17.5. The Balaban J connectivity index is 1.91. The van der Waals surface area contributed by atoms with Gasteiger partial charge in [-0.25, -0.2) is 8.42 Å². The molecule has 0 aliphatic carbocycles. The summed E-state index contributed by atoms with van der Waals surface area (Å²) in [6.45, 7) is 3.52. The summed E-state index contributed by atoms with van der Waals surface area (Å²) in [5.74, 6) is 1.34. The van der Waals surface area contributed by atoms with Gasteiger partial charge in [0, 0.05) is 17.7 Å². The predicted octanol–water partition coefficient (Wildman–Crippen LogP) is 3.35. The number of ether oxygens (including phenoxy) is 2. The van der Waals surface area contributed by atoms with Gasteiger partial charge in [-0.1, -0.05) is 18.2 Å². The Morgan fingerprint density at radius 3 is 2.31 bits per heavy atom. The number of nitrogens with zero attached hydrogens (tertiary/aromatic N) is 3. The lowest BCUT2D eigenvalue weighted by Gasteiger charge is -2.24. The highest BCUT2D eigenvalue weighted by Crippen LogP contribution is 2.31. The molecule has 0 fully saturated rings. The number of benzene rings is 2. The van der Waals surface area contributed by atoms with Crippen LogP contribution in [-0.2, 0) is 16.6 Å². The van der Waals surface area contributed by atoms with E-state index in [1.165, 1.54) is 30.7 Å². The quantitative estimate of drug-likeness (QED) is 0.555. The molecule has 3 rings (SSSR count). The van der Waals surface area contributed by atoms with Gasteiger partial charge in [0.25, 0.3) is 0 Å². The Morgan fingerprint density at radius 1 is 1.00 bits per heavy atom. The fraction of sp³-hybridized carbons (Fsp3) is 0.300. The van der Waals surface area contributed by atoms with Crippen molar-refractivity contribution in [3.8, 4) is 23.0 Å². The van der Waals surface area contributed by atoms with E-state index in [0.29, 0.717) is 17.4 Å². The van der Waals surface area contributed by atoms with Crippen LogP contribution < -0.4 is 9.47 Å². The van der Waals surface area contributed by atoms with Crippen LogP contribution in [0.5, 0.6) is 11.5 Å². The Labute approximate surface area is 170 Å². The lowest BCUT2D eigenvalue weighted by molar-refractivity contribution is 0.312. The molecule has 0 atom stereocenters. The first kappa shape index (κ1) is 20.8. The molecule has 8 nitrogen and oxygen atoms in total. The molecule has 9 heteroatoms. The van der Waals surface area contributed by atoms with Crippen LogP contribution in [0.4, 0.5) is 0 Å². The first-order chi connectivity index (χ1) is 13.9. The summed E-state index contributed by atoms with van der Waals surface area (Å²) >= 11 is 0. The number of methoxy groups -OCH3 is 2. The van der Waals surface area contributed by atoms with Crippen molar-refractivity contribution >= 4 is 10.0 Å². The summed E-state index contributed by atoms with van der Waals surface area (Å²) in [4.78, 5) is 0.0895. The molecule has 29 heavy (non-hydrogen) atoms. The SMILES string of the molecule is COc1ccc(S(=O)(=O)N(Cc2nnc(-c3ccccc3)o2)C(C)C)cc1OC. The van der Waals surface area contributed by atoms with E-state index in [0.717, 1.165) is 5.56 Å². The fourth-order valence-corrected chi connectivity index (χ4v) is 4.41. The maximum Gasteiger partial charge on any atom is 0.247 e. The third-order valence-electron chi connectivity index (χ3n) is 4.32. The maximum absolute atomic E-state index is 13.3. The molecule has 0 saturated heterocycles. The van der Waals surface area contributed by atoms with Crippen LogP contribution in [0.2, 0.25) is 0 Å². The second-order valence-electron chi connectivity index (χ2n) is 6.53. The van der Waals surface area contributed by atoms with E-state index >= 15 is 0 Å². The van der Waals surface area contributed by atoms with Gasteiger partial charge in [0.2, 0.25) is 21.8 Å². The summed E-state index contributed by atoms with van der Waals surface area (Å²) in [7, 11) is -0.893. The van der Waals surface area contributed by atoms with Crippen molar-refractivity contribution < 1.29 is 22.3 Å². The Bertz CT molecular complexity index is 1060. The molecular formula is C20H23N3O5S. The van der Waals surface area contributed by atoms with E-state index in [-0.39, 0.29) is 23.4 Å². The van der Waals surface area contributed by atoms with Crippen LogP contribution >= 0.6 is 0 Å². The van der Waals surface area contributed by atoms with E-state index in [4.69, 9.17) is 13.9 Å². The molecule has 0 aliphatic heterocycles. The van der Waals surface area contributed by atoms with Crippen molar-refractivity contribution in [2.75, 3.05) is 14.2 Å². The monoisotopic (exact) mass is 417 g/mol. The highest BCUT2D eigenvalue weighted by molar-refractivity contribution is 7.89. The highest BCUT2D eigenvalue weighted by Gasteiger charge is 2.30. The molecule has 0 amide bonds. The molecular weight excluding hydrogens is 394 g/mol. The van der Waals surface area contributed by atoms with Crippen LogP contribution in [0.3, 0.4) is 0 Å². The third-order valence-corrected chi connectivity index (χ3v) is 6.33. The molecule has 0 N–H and O–H groups in total. The first-order valence-electron chi connectivity index (χ1n) is 8.98. The molecule has 1 heterocycles. The Kier molecular flexibility index (Phi) is 6.19. The summed E-state index contributed by atoms with van der Waals surface area (Å²) in [5.41, 5.74) is 0.769. The van der Waals surface area contributed by atoms with Crippen molar-refractivity contribution in [1.29, 1.82) is 0 Å². The van der Waals surface area contributed by atoms with Gasteiger partial charge in [-0.15, -0.1) is 10.2 Å². The number of sulfonamides is 1.